The van der Waals surface area contributed by atoms with Crippen LogP contribution >= 0.6 is 12.4 Å². The van der Waals surface area contributed by atoms with E-state index in [9.17, 15) is 14.4 Å². The monoisotopic (exact) mass is 367 g/mol. The Balaban J connectivity index is 0.00000225. The Morgan fingerprint density at radius 2 is 1.96 bits per heavy atom. The molecule has 0 aromatic heterocycles. The van der Waals surface area contributed by atoms with Crippen molar-refractivity contribution in [2.75, 3.05) is 11.9 Å². The molecule has 4 N–H and O–H groups in total. The van der Waals surface area contributed by atoms with Crippen LogP contribution in [0.2, 0.25) is 0 Å². The maximum atomic E-state index is 12.2. The van der Waals surface area contributed by atoms with E-state index in [-0.39, 0.29) is 48.6 Å². The molecule has 1 aromatic carbocycles. The standard InChI is InChI=1S/C17H21N3O4.ClH/c18-9-13-5-6-14(24-13)17(23)19-12-3-1-10(2-4-12)7-11-8-15(21)20-16(11)22;/h1-4,11,13-14H,5-9,18H2,(H,19,23)(H,20,21,22);1H/t11?,13-,14+;/m1./s1. The van der Waals surface area contributed by atoms with Crippen molar-refractivity contribution in [3.8, 4) is 0 Å². The summed E-state index contributed by atoms with van der Waals surface area (Å²) in [5, 5.41) is 5.13. The van der Waals surface area contributed by atoms with Gasteiger partial charge in [0.25, 0.3) is 5.91 Å². The van der Waals surface area contributed by atoms with Gasteiger partial charge in [-0.25, -0.2) is 0 Å². The summed E-state index contributed by atoms with van der Waals surface area (Å²) in [7, 11) is 0. The summed E-state index contributed by atoms with van der Waals surface area (Å²) >= 11 is 0. The van der Waals surface area contributed by atoms with Crippen LogP contribution in [-0.4, -0.2) is 36.5 Å². The number of hydrogen-bond acceptors (Lipinski definition) is 5. The minimum Gasteiger partial charge on any atom is -0.364 e. The summed E-state index contributed by atoms with van der Waals surface area (Å²) < 4.78 is 5.57. The van der Waals surface area contributed by atoms with Crippen LogP contribution in [0.5, 0.6) is 0 Å². The maximum Gasteiger partial charge on any atom is 0.253 e. The van der Waals surface area contributed by atoms with Crippen LogP contribution in [0.15, 0.2) is 24.3 Å². The van der Waals surface area contributed by atoms with E-state index in [1.807, 2.05) is 12.1 Å². The van der Waals surface area contributed by atoms with Gasteiger partial charge in [-0.3, -0.25) is 19.7 Å². The van der Waals surface area contributed by atoms with Gasteiger partial charge in [0.15, 0.2) is 0 Å². The number of carbonyl (C=O) groups excluding carboxylic acids is 3. The van der Waals surface area contributed by atoms with Crippen LogP contribution in [-0.2, 0) is 25.5 Å². The molecule has 7 nitrogen and oxygen atoms in total. The summed E-state index contributed by atoms with van der Waals surface area (Å²) in [4.78, 5) is 34.9. The number of rotatable bonds is 5. The average Bonchev–Trinajstić information content (AvgIpc) is 3.16. The van der Waals surface area contributed by atoms with Crippen molar-refractivity contribution >= 4 is 35.8 Å². The van der Waals surface area contributed by atoms with E-state index in [0.29, 0.717) is 25.1 Å². The number of ether oxygens (including phenoxy) is 1. The third-order valence-corrected chi connectivity index (χ3v) is 4.43. The molecule has 3 rings (SSSR count). The van der Waals surface area contributed by atoms with Gasteiger partial charge in [-0.2, -0.15) is 0 Å². The predicted molar refractivity (Wildman–Crippen MR) is 94.2 cm³/mol. The number of halogens is 1. The van der Waals surface area contributed by atoms with Crippen molar-refractivity contribution in [1.29, 1.82) is 0 Å². The minimum atomic E-state index is -0.452. The number of nitrogens with two attached hydrogens (primary N) is 1. The fourth-order valence-corrected chi connectivity index (χ4v) is 3.08. The number of amides is 3. The molecule has 8 heteroatoms. The van der Waals surface area contributed by atoms with Gasteiger partial charge in [-0.05, 0) is 37.0 Å². The zero-order valence-corrected chi connectivity index (χ0v) is 14.5. The first-order valence-corrected chi connectivity index (χ1v) is 8.14. The fourth-order valence-electron chi connectivity index (χ4n) is 3.08. The minimum absolute atomic E-state index is 0. The first-order valence-electron chi connectivity index (χ1n) is 8.14. The highest BCUT2D eigenvalue weighted by molar-refractivity contribution is 6.03. The Labute approximate surface area is 152 Å². The van der Waals surface area contributed by atoms with Gasteiger partial charge in [0, 0.05) is 18.7 Å². The molecule has 0 spiro atoms. The molecule has 2 saturated heterocycles. The first kappa shape index (κ1) is 19.4. The summed E-state index contributed by atoms with van der Waals surface area (Å²) in [6.07, 6.45) is 1.73. The lowest BCUT2D eigenvalue weighted by Crippen LogP contribution is -2.29. The topological polar surface area (TPSA) is 111 Å². The van der Waals surface area contributed by atoms with Crippen molar-refractivity contribution in [2.45, 2.75) is 37.9 Å². The largest absolute Gasteiger partial charge is 0.364 e. The van der Waals surface area contributed by atoms with Crippen LogP contribution in [0.3, 0.4) is 0 Å². The van der Waals surface area contributed by atoms with Crippen LogP contribution in [0.1, 0.15) is 24.8 Å². The summed E-state index contributed by atoms with van der Waals surface area (Å²) in [6, 6.07) is 7.28. The normalized spacial score (nSPS) is 25.4. The maximum absolute atomic E-state index is 12.2. The highest BCUT2D eigenvalue weighted by atomic mass is 35.5. The van der Waals surface area contributed by atoms with Gasteiger partial charge < -0.3 is 15.8 Å². The van der Waals surface area contributed by atoms with Gasteiger partial charge in [0.1, 0.15) is 6.10 Å². The van der Waals surface area contributed by atoms with Crippen molar-refractivity contribution in [3.05, 3.63) is 29.8 Å². The molecule has 0 aliphatic carbocycles. The fraction of sp³-hybridized carbons (Fsp3) is 0.471. The van der Waals surface area contributed by atoms with Crippen molar-refractivity contribution in [3.63, 3.8) is 0 Å². The van der Waals surface area contributed by atoms with Crippen molar-refractivity contribution < 1.29 is 19.1 Å². The molecule has 2 aliphatic rings. The molecular weight excluding hydrogens is 346 g/mol. The van der Waals surface area contributed by atoms with Crippen LogP contribution < -0.4 is 16.4 Å². The summed E-state index contributed by atoms with van der Waals surface area (Å²) in [5.41, 5.74) is 7.17. The van der Waals surface area contributed by atoms with E-state index in [0.717, 1.165) is 12.0 Å². The molecular formula is C17H22ClN3O4. The summed E-state index contributed by atoms with van der Waals surface area (Å²) in [6.45, 7) is 0.426. The highest BCUT2D eigenvalue weighted by Gasteiger charge is 2.31. The molecule has 1 unspecified atom stereocenters. The highest BCUT2D eigenvalue weighted by Crippen LogP contribution is 2.22. The SMILES string of the molecule is Cl.NC[C@H]1CC[C@@H](C(=O)Nc2ccc(CC3CC(=O)NC3=O)cc2)O1. The number of hydrogen-bond donors (Lipinski definition) is 3. The molecule has 25 heavy (non-hydrogen) atoms. The molecule has 0 saturated carbocycles. The molecule has 2 heterocycles. The second-order valence-corrected chi connectivity index (χ2v) is 6.26. The third kappa shape index (κ3) is 4.78. The zero-order valence-electron chi connectivity index (χ0n) is 13.7. The van der Waals surface area contributed by atoms with Crippen LogP contribution in [0, 0.1) is 5.92 Å². The lowest BCUT2D eigenvalue weighted by atomic mass is 9.98. The number of nitrogens with one attached hydrogen (secondary N) is 2. The molecule has 3 amide bonds. The molecule has 2 fully saturated rings. The van der Waals surface area contributed by atoms with E-state index < -0.39 is 6.10 Å². The Morgan fingerprint density at radius 3 is 2.52 bits per heavy atom. The lowest BCUT2D eigenvalue weighted by Gasteiger charge is -2.13. The Hall–Kier alpha value is -1.96. The quantitative estimate of drug-likeness (QED) is 0.665. The average molecular weight is 368 g/mol. The Kier molecular flexibility index (Phi) is 6.52. The number of anilines is 1. The second-order valence-electron chi connectivity index (χ2n) is 6.26. The lowest BCUT2D eigenvalue weighted by molar-refractivity contribution is -0.127. The van der Waals surface area contributed by atoms with E-state index in [1.54, 1.807) is 12.1 Å². The molecule has 2 aliphatic heterocycles. The molecule has 136 valence electrons. The molecule has 1 aromatic rings. The van der Waals surface area contributed by atoms with Crippen LogP contribution in [0.4, 0.5) is 5.69 Å². The molecule has 0 bridgehead atoms. The first-order chi connectivity index (χ1) is 11.5. The van der Waals surface area contributed by atoms with E-state index in [4.69, 9.17) is 10.5 Å². The van der Waals surface area contributed by atoms with Gasteiger partial charge >= 0.3 is 0 Å². The Bertz CT molecular complexity index is 650. The Morgan fingerprint density at radius 1 is 1.24 bits per heavy atom. The third-order valence-electron chi connectivity index (χ3n) is 4.43. The zero-order chi connectivity index (χ0) is 17.1. The molecule has 3 atom stereocenters. The molecule has 0 radical (unpaired) electrons. The van der Waals surface area contributed by atoms with Crippen molar-refractivity contribution in [2.24, 2.45) is 11.7 Å². The second kappa shape index (κ2) is 8.42. The van der Waals surface area contributed by atoms with Crippen molar-refractivity contribution in [1.82, 2.24) is 5.32 Å². The van der Waals surface area contributed by atoms with E-state index in [2.05, 4.69) is 10.6 Å². The number of carbonyl (C=O) groups is 3. The summed E-state index contributed by atoms with van der Waals surface area (Å²) in [5.74, 6) is -0.913. The van der Waals surface area contributed by atoms with E-state index >= 15 is 0 Å². The van der Waals surface area contributed by atoms with Gasteiger partial charge in [0.2, 0.25) is 11.8 Å². The number of imide groups is 1. The van der Waals surface area contributed by atoms with Gasteiger partial charge in [-0.1, -0.05) is 12.1 Å². The van der Waals surface area contributed by atoms with Crippen LogP contribution in [0.25, 0.3) is 0 Å². The smallest absolute Gasteiger partial charge is 0.253 e. The van der Waals surface area contributed by atoms with Gasteiger partial charge in [0.05, 0.1) is 12.0 Å². The van der Waals surface area contributed by atoms with E-state index in [1.165, 1.54) is 0 Å². The predicted octanol–water partition coefficient (Wildman–Crippen LogP) is 0.758. The van der Waals surface area contributed by atoms with Gasteiger partial charge in [-0.15, -0.1) is 12.4 Å². The number of benzene rings is 1.